The van der Waals surface area contributed by atoms with Crippen LogP contribution < -0.4 is 0 Å². The molecule has 0 saturated heterocycles. The largest absolute Gasteiger partial charge is 0.384 e. The Morgan fingerprint density at radius 2 is 1.50 bits per heavy atom. The van der Waals surface area contributed by atoms with Gasteiger partial charge in [0.1, 0.15) is 11.9 Å². The molecule has 0 saturated carbocycles. The Bertz CT molecular complexity index is 517. The molecular formula is C16H17FO. The van der Waals surface area contributed by atoms with Crippen molar-refractivity contribution in [1.29, 1.82) is 0 Å². The smallest absolute Gasteiger partial charge is 0.123 e. The Morgan fingerprint density at radius 1 is 0.889 bits per heavy atom. The van der Waals surface area contributed by atoms with Gasteiger partial charge in [0, 0.05) is 0 Å². The van der Waals surface area contributed by atoms with Gasteiger partial charge < -0.3 is 5.11 Å². The topological polar surface area (TPSA) is 20.2 Å². The summed E-state index contributed by atoms with van der Waals surface area (Å²) in [6.07, 6.45) is -0.776. The lowest BCUT2D eigenvalue weighted by Gasteiger charge is -2.13. The van der Waals surface area contributed by atoms with Crippen molar-refractivity contribution in [3.63, 3.8) is 0 Å². The summed E-state index contributed by atoms with van der Waals surface area (Å²) in [6.45, 7) is 4.25. The molecule has 1 N–H and O–H groups in total. The van der Waals surface area contributed by atoms with E-state index in [4.69, 9.17) is 0 Å². The van der Waals surface area contributed by atoms with E-state index in [-0.39, 0.29) is 5.82 Å². The Kier molecular flexibility index (Phi) is 3.78. The average Bonchev–Trinajstić information content (AvgIpc) is 2.38. The fourth-order valence-electron chi connectivity index (χ4n) is 1.93. The van der Waals surface area contributed by atoms with Gasteiger partial charge in [-0.05, 0) is 34.7 Å². The molecule has 2 aromatic carbocycles. The van der Waals surface area contributed by atoms with Gasteiger partial charge in [0.25, 0.3) is 0 Å². The number of aliphatic hydroxyl groups excluding tert-OH is 1. The lowest BCUT2D eigenvalue weighted by Crippen LogP contribution is -2.00. The molecule has 94 valence electrons. The third-order valence-electron chi connectivity index (χ3n) is 3.08. The monoisotopic (exact) mass is 244 g/mol. The maximum absolute atomic E-state index is 13.1. The van der Waals surface area contributed by atoms with Crippen molar-refractivity contribution in [1.82, 2.24) is 0 Å². The summed E-state index contributed by atoms with van der Waals surface area (Å²) in [5, 5.41) is 10.2. The van der Waals surface area contributed by atoms with E-state index < -0.39 is 6.10 Å². The Morgan fingerprint density at radius 3 is 2.06 bits per heavy atom. The lowest BCUT2D eigenvalue weighted by atomic mass is 9.97. The van der Waals surface area contributed by atoms with Crippen molar-refractivity contribution in [3.8, 4) is 0 Å². The zero-order valence-corrected chi connectivity index (χ0v) is 10.6. The molecule has 0 radical (unpaired) electrons. The molecule has 1 nitrogen and oxygen atoms in total. The lowest BCUT2D eigenvalue weighted by molar-refractivity contribution is 0.220. The van der Waals surface area contributed by atoms with Gasteiger partial charge in [-0.15, -0.1) is 0 Å². The molecule has 0 spiro atoms. The van der Waals surface area contributed by atoms with Crippen molar-refractivity contribution in [2.24, 2.45) is 0 Å². The highest BCUT2D eigenvalue weighted by Crippen LogP contribution is 2.24. The summed E-state index contributed by atoms with van der Waals surface area (Å²) < 4.78 is 13.1. The molecule has 2 rings (SSSR count). The third kappa shape index (κ3) is 2.77. The molecule has 0 fully saturated rings. The first-order valence-corrected chi connectivity index (χ1v) is 6.11. The van der Waals surface area contributed by atoms with Gasteiger partial charge >= 0.3 is 0 Å². The van der Waals surface area contributed by atoms with Gasteiger partial charge in [-0.2, -0.15) is 0 Å². The predicted molar refractivity (Wildman–Crippen MR) is 71.0 cm³/mol. The summed E-state index contributed by atoms with van der Waals surface area (Å²) in [7, 11) is 0. The molecule has 0 aliphatic heterocycles. The molecule has 0 heterocycles. The minimum Gasteiger partial charge on any atom is -0.384 e. The molecule has 0 aliphatic rings. The van der Waals surface area contributed by atoms with Crippen molar-refractivity contribution >= 4 is 0 Å². The summed E-state index contributed by atoms with van der Waals surface area (Å²) in [5.41, 5.74) is 2.59. The van der Waals surface area contributed by atoms with Crippen LogP contribution in [0.15, 0.2) is 48.5 Å². The molecule has 0 aliphatic carbocycles. The molecule has 1 atom stereocenters. The molecular weight excluding hydrogens is 227 g/mol. The highest BCUT2D eigenvalue weighted by atomic mass is 19.1. The van der Waals surface area contributed by atoms with Crippen LogP contribution in [0.3, 0.4) is 0 Å². The molecule has 18 heavy (non-hydrogen) atoms. The minimum atomic E-state index is -0.776. The van der Waals surface area contributed by atoms with Crippen LogP contribution in [0, 0.1) is 5.82 Å². The summed E-state index contributed by atoms with van der Waals surface area (Å²) >= 11 is 0. The molecule has 0 bridgehead atoms. The average molecular weight is 244 g/mol. The van der Waals surface area contributed by atoms with Crippen LogP contribution in [0.4, 0.5) is 4.39 Å². The highest BCUT2D eigenvalue weighted by molar-refractivity contribution is 5.32. The number of benzene rings is 2. The summed E-state index contributed by atoms with van der Waals surface area (Å²) in [4.78, 5) is 0. The van der Waals surface area contributed by atoms with E-state index in [2.05, 4.69) is 13.8 Å². The van der Waals surface area contributed by atoms with Crippen LogP contribution in [0.5, 0.6) is 0 Å². The molecule has 0 amide bonds. The maximum Gasteiger partial charge on any atom is 0.123 e. The third-order valence-corrected chi connectivity index (χ3v) is 3.08. The second kappa shape index (κ2) is 5.32. The maximum atomic E-state index is 13.1. The fraction of sp³-hybridized carbons (Fsp3) is 0.250. The van der Waals surface area contributed by atoms with Crippen molar-refractivity contribution in [3.05, 3.63) is 71.0 Å². The number of aliphatic hydroxyl groups is 1. The Hall–Kier alpha value is -1.67. The number of rotatable bonds is 3. The van der Waals surface area contributed by atoms with Gasteiger partial charge in [-0.25, -0.2) is 4.39 Å². The van der Waals surface area contributed by atoms with Crippen LogP contribution in [0.25, 0.3) is 0 Å². The van der Waals surface area contributed by atoms with E-state index in [9.17, 15) is 9.50 Å². The van der Waals surface area contributed by atoms with E-state index >= 15 is 0 Å². The van der Waals surface area contributed by atoms with Crippen molar-refractivity contribution < 1.29 is 9.50 Å². The standard InChI is InChI=1S/C16H17FO/c1-11(2)12-6-8-13(9-7-12)16(18)14-4-3-5-15(17)10-14/h3-11,16,18H,1-2H3. The molecule has 1 unspecified atom stereocenters. The quantitative estimate of drug-likeness (QED) is 0.864. The van der Waals surface area contributed by atoms with Crippen LogP contribution in [0.1, 0.15) is 42.6 Å². The van der Waals surface area contributed by atoms with Gasteiger partial charge in [-0.3, -0.25) is 0 Å². The second-order valence-electron chi connectivity index (χ2n) is 4.78. The van der Waals surface area contributed by atoms with Gasteiger partial charge in [0.2, 0.25) is 0 Å². The van der Waals surface area contributed by atoms with Crippen LogP contribution in [0.2, 0.25) is 0 Å². The highest BCUT2D eigenvalue weighted by Gasteiger charge is 2.11. The van der Waals surface area contributed by atoms with Crippen LogP contribution >= 0.6 is 0 Å². The molecule has 2 aromatic rings. The summed E-state index contributed by atoms with van der Waals surface area (Å²) in [5.74, 6) is 0.135. The zero-order valence-electron chi connectivity index (χ0n) is 10.6. The second-order valence-corrected chi connectivity index (χ2v) is 4.78. The van der Waals surface area contributed by atoms with Crippen LogP contribution in [-0.4, -0.2) is 5.11 Å². The number of hydrogen-bond acceptors (Lipinski definition) is 1. The first-order valence-electron chi connectivity index (χ1n) is 6.11. The first kappa shape index (κ1) is 12.8. The molecule has 0 aromatic heterocycles. The van der Waals surface area contributed by atoms with Crippen molar-refractivity contribution in [2.45, 2.75) is 25.9 Å². The fourth-order valence-corrected chi connectivity index (χ4v) is 1.93. The van der Waals surface area contributed by atoms with E-state index in [0.717, 1.165) is 5.56 Å². The number of hydrogen-bond donors (Lipinski definition) is 1. The van der Waals surface area contributed by atoms with Gasteiger partial charge in [-0.1, -0.05) is 50.2 Å². The molecule has 2 heteroatoms. The van der Waals surface area contributed by atoms with E-state index in [1.807, 2.05) is 24.3 Å². The number of halogens is 1. The van der Waals surface area contributed by atoms with Gasteiger partial charge in [0.15, 0.2) is 0 Å². The Labute approximate surface area is 107 Å². The van der Waals surface area contributed by atoms with Gasteiger partial charge in [0.05, 0.1) is 0 Å². The van der Waals surface area contributed by atoms with E-state index in [1.165, 1.54) is 17.7 Å². The minimum absolute atomic E-state index is 0.328. The van der Waals surface area contributed by atoms with E-state index in [0.29, 0.717) is 11.5 Å². The normalized spacial score (nSPS) is 12.7. The SMILES string of the molecule is CC(C)c1ccc(C(O)c2cccc(F)c2)cc1. The Balaban J connectivity index is 2.26. The van der Waals surface area contributed by atoms with Crippen molar-refractivity contribution in [2.75, 3.05) is 0 Å². The first-order chi connectivity index (χ1) is 8.58. The van der Waals surface area contributed by atoms with Crippen LogP contribution in [-0.2, 0) is 0 Å². The van der Waals surface area contributed by atoms with E-state index in [1.54, 1.807) is 12.1 Å². The summed E-state index contributed by atoms with van der Waals surface area (Å²) in [6, 6.07) is 13.9. The predicted octanol–water partition coefficient (Wildman–Crippen LogP) is 4.03. The zero-order chi connectivity index (χ0) is 13.1.